The number of ether oxygens (including phenoxy) is 1. The molecule has 156 valence electrons. The molecule has 27 heavy (non-hydrogen) atoms. The van der Waals surface area contributed by atoms with Crippen LogP contribution in [-0.4, -0.2) is 63.8 Å². The molecule has 0 aliphatic heterocycles. The lowest BCUT2D eigenvalue weighted by Crippen LogP contribution is -2.42. The fraction of sp³-hybridized carbons (Fsp3) is 0.611. The summed E-state index contributed by atoms with van der Waals surface area (Å²) in [5.74, 6) is 0.648. The summed E-state index contributed by atoms with van der Waals surface area (Å²) >= 11 is 0. The zero-order chi connectivity index (χ0) is 19.3. The van der Waals surface area contributed by atoms with Crippen molar-refractivity contribution in [3.05, 3.63) is 35.9 Å². The highest BCUT2D eigenvalue weighted by Crippen LogP contribution is 2.00. The largest absolute Gasteiger partial charge is 0.375 e. The van der Waals surface area contributed by atoms with Crippen LogP contribution in [0, 0.1) is 0 Å². The Morgan fingerprint density at radius 3 is 2.37 bits per heavy atom. The summed E-state index contributed by atoms with van der Waals surface area (Å²) in [6, 6.07) is 9.98. The fourth-order valence-electron chi connectivity index (χ4n) is 2.37. The van der Waals surface area contributed by atoms with Gasteiger partial charge in [-0.2, -0.15) is 0 Å². The number of halogens is 1. The van der Waals surface area contributed by atoms with Crippen molar-refractivity contribution in [1.29, 1.82) is 0 Å². The van der Waals surface area contributed by atoms with Gasteiger partial charge in [0.1, 0.15) is 0 Å². The SMILES string of the molecule is CCNC(=NCCOCc1ccccc1)NCCS(=O)(=O)N(CC)CC.I. The third kappa shape index (κ3) is 10.9. The third-order valence-corrected chi connectivity index (χ3v) is 5.74. The maximum atomic E-state index is 12.2. The lowest BCUT2D eigenvalue weighted by molar-refractivity contribution is 0.128. The van der Waals surface area contributed by atoms with Crippen LogP contribution in [0.2, 0.25) is 0 Å². The highest BCUT2D eigenvalue weighted by molar-refractivity contribution is 14.0. The summed E-state index contributed by atoms with van der Waals surface area (Å²) in [5.41, 5.74) is 1.13. The molecule has 1 aromatic carbocycles. The van der Waals surface area contributed by atoms with Gasteiger partial charge in [0.05, 0.1) is 25.5 Å². The topological polar surface area (TPSA) is 83.0 Å². The minimum Gasteiger partial charge on any atom is -0.375 e. The fourth-order valence-corrected chi connectivity index (χ4v) is 3.78. The van der Waals surface area contributed by atoms with E-state index in [2.05, 4.69) is 15.6 Å². The van der Waals surface area contributed by atoms with E-state index in [0.717, 1.165) is 5.56 Å². The van der Waals surface area contributed by atoms with Gasteiger partial charge in [-0.15, -0.1) is 24.0 Å². The summed E-state index contributed by atoms with van der Waals surface area (Å²) < 4.78 is 31.4. The monoisotopic (exact) mass is 512 g/mol. The summed E-state index contributed by atoms with van der Waals surface area (Å²) in [4.78, 5) is 4.41. The Labute approximate surface area is 181 Å². The molecule has 7 nitrogen and oxygen atoms in total. The van der Waals surface area contributed by atoms with E-state index >= 15 is 0 Å². The van der Waals surface area contributed by atoms with Gasteiger partial charge in [0, 0.05) is 26.2 Å². The second kappa shape index (κ2) is 15.1. The van der Waals surface area contributed by atoms with Gasteiger partial charge in [-0.05, 0) is 12.5 Å². The number of sulfonamides is 1. The van der Waals surface area contributed by atoms with Crippen LogP contribution < -0.4 is 10.6 Å². The van der Waals surface area contributed by atoms with Crippen molar-refractivity contribution in [3.8, 4) is 0 Å². The molecule has 0 fully saturated rings. The minimum absolute atomic E-state index is 0. The van der Waals surface area contributed by atoms with Crippen LogP contribution in [0.15, 0.2) is 35.3 Å². The van der Waals surface area contributed by atoms with E-state index in [-0.39, 0.29) is 29.7 Å². The van der Waals surface area contributed by atoms with Gasteiger partial charge < -0.3 is 15.4 Å². The summed E-state index contributed by atoms with van der Waals surface area (Å²) in [6.07, 6.45) is 0. The smallest absolute Gasteiger partial charge is 0.215 e. The van der Waals surface area contributed by atoms with Crippen molar-refractivity contribution in [1.82, 2.24) is 14.9 Å². The van der Waals surface area contributed by atoms with E-state index in [4.69, 9.17) is 4.74 Å². The van der Waals surface area contributed by atoms with Crippen LogP contribution in [-0.2, 0) is 21.4 Å². The molecule has 1 rings (SSSR count). The van der Waals surface area contributed by atoms with Crippen LogP contribution in [0.5, 0.6) is 0 Å². The Hall–Kier alpha value is -0.910. The second-order valence-electron chi connectivity index (χ2n) is 5.63. The van der Waals surface area contributed by atoms with Gasteiger partial charge in [-0.3, -0.25) is 4.99 Å². The first kappa shape index (κ1) is 26.1. The third-order valence-electron chi connectivity index (χ3n) is 3.71. The number of hydrogen-bond acceptors (Lipinski definition) is 4. The van der Waals surface area contributed by atoms with Crippen LogP contribution in [0.1, 0.15) is 26.3 Å². The number of guanidine groups is 1. The normalized spacial score (nSPS) is 11.9. The predicted octanol–water partition coefficient (Wildman–Crippen LogP) is 2.05. The highest BCUT2D eigenvalue weighted by atomic mass is 127. The number of hydrogen-bond donors (Lipinski definition) is 2. The van der Waals surface area contributed by atoms with Gasteiger partial charge in [-0.1, -0.05) is 44.2 Å². The van der Waals surface area contributed by atoms with Crippen LogP contribution in [0.25, 0.3) is 0 Å². The molecular weight excluding hydrogens is 479 g/mol. The van der Waals surface area contributed by atoms with Gasteiger partial charge in [0.15, 0.2) is 5.96 Å². The average molecular weight is 512 g/mol. The summed E-state index contributed by atoms with van der Waals surface area (Å²) in [7, 11) is -3.23. The Balaban J connectivity index is 0.00000676. The van der Waals surface area contributed by atoms with Gasteiger partial charge in [0.2, 0.25) is 10.0 Å². The first-order chi connectivity index (χ1) is 12.5. The zero-order valence-electron chi connectivity index (χ0n) is 16.5. The van der Waals surface area contributed by atoms with Crippen molar-refractivity contribution >= 4 is 40.0 Å². The predicted molar refractivity (Wildman–Crippen MR) is 122 cm³/mol. The highest BCUT2D eigenvalue weighted by Gasteiger charge is 2.18. The molecule has 0 bridgehead atoms. The number of aliphatic imine (C=N–C) groups is 1. The lowest BCUT2D eigenvalue weighted by Gasteiger charge is -2.19. The van der Waals surface area contributed by atoms with E-state index in [0.29, 0.717) is 51.9 Å². The van der Waals surface area contributed by atoms with Crippen molar-refractivity contribution in [3.63, 3.8) is 0 Å². The number of nitrogens with one attached hydrogen (secondary N) is 2. The van der Waals surface area contributed by atoms with E-state index in [1.165, 1.54) is 4.31 Å². The molecule has 0 saturated heterocycles. The Morgan fingerprint density at radius 2 is 1.78 bits per heavy atom. The maximum Gasteiger partial charge on any atom is 0.215 e. The molecule has 9 heteroatoms. The minimum atomic E-state index is -3.23. The molecule has 1 aromatic rings. The van der Waals surface area contributed by atoms with Gasteiger partial charge >= 0.3 is 0 Å². The lowest BCUT2D eigenvalue weighted by atomic mass is 10.2. The van der Waals surface area contributed by atoms with Crippen molar-refractivity contribution in [2.45, 2.75) is 27.4 Å². The van der Waals surface area contributed by atoms with Crippen LogP contribution >= 0.6 is 24.0 Å². The number of nitrogens with zero attached hydrogens (tertiary/aromatic N) is 2. The standard InChI is InChI=1S/C18H32N4O3S.HI/c1-4-19-18(21-13-15-26(23,24)22(5-2)6-3)20-12-14-25-16-17-10-8-7-9-11-17;/h7-11H,4-6,12-16H2,1-3H3,(H2,19,20,21);1H. The van der Waals surface area contributed by atoms with Crippen LogP contribution in [0.3, 0.4) is 0 Å². The second-order valence-corrected chi connectivity index (χ2v) is 7.71. The number of benzene rings is 1. The molecule has 0 radical (unpaired) electrons. The van der Waals surface area contributed by atoms with Gasteiger partial charge in [-0.25, -0.2) is 12.7 Å². The summed E-state index contributed by atoms with van der Waals surface area (Å²) in [5, 5.41) is 6.18. The van der Waals surface area contributed by atoms with E-state index < -0.39 is 10.0 Å². The Kier molecular flexibility index (Phi) is 14.6. The molecule has 0 unspecified atom stereocenters. The molecule has 0 atom stereocenters. The molecule has 0 spiro atoms. The van der Waals surface area contributed by atoms with E-state index in [9.17, 15) is 8.42 Å². The number of rotatable bonds is 12. The summed E-state index contributed by atoms with van der Waals surface area (Å²) in [6.45, 7) is 9.23. The molecule has 0 saturated carbocycles. The molecule has 0 amide bonds. The molecule has 0 heterocycles. The van der Waals surface area contributed by atoms with E-state index in [1.807, 2.05) is 51.1 Å². The van der Waals surface area contributed by atoms with E-state index in [1.54, 1.807) is 0 Å². The molecule has 0 aliphatic carbocycles. The van der Waals surface area contributed by atoms with Crippen molar-refractivity contribution < 1.29 is 13.2 Å². The molecular formula is C18H33IN4O3S. The molecule has 2 N–H and O–H groups in total. The van der Waals surface area contributed by atoms with Gasteiger partial charge in [0.25, 0.3) is 0 Å². The first-order valence-electron chi connectivity index (χ1n) is 9.15. The first-order valence-corrected chi connectivity index (χ1v) is 10.8. The molecule has 0 aromatic heterocycles. The Morgan fingerprint density at radius 1 is 1.11 bits per heavy atom. The zero-order valence-corrected chi connectivity index (χ0v) is 19.6. The quantitative estimate of drug-likeness (QED) is 0.194. The molecule has 0 aliphatic rings. The Bertz CT molecular complexity index is 623. The van der Waals surface area contributed by atoms with Crippen molar-refractivity contribution in [2.24, 2.45) is 4.99 Å². The maximum absolute atomic E-state index is 12.2. The van der Waals surface area contributed by atoms with Crippen LogP contribution in [0.4, 0.5) is 0 Å². The average Bonchev–Trinajstić information content (AvgIpc) is 2.63. The van der Waals surface area contributed by atoms with Crippen molar-refractivity contribution in [2.75, 3.05) is 45.1 Å².